The molecule has 2 heterocycles. The van der Waals surface area contributed by atoms with Crippen LogP contribution in [0.4, 0.5) is 5.69 Å². The fraction of sp³-hybridized carbons (Fsp3) is 0.278. The van der Waals surface area contributed by atoms with Crippen LogP contribution in [0.2, 0.25) is 10.0 Å². The quantitative estimate of drug-likeness (QED) is 0.726. The van der Waals surface area contributed by atoms with Gasteiger partial charge in [0.1, 0.15) is 5.69 Å². The van der Waals surface area contributed by atoms with Crippen LogP contribution in [0.1, 0.15) is 33.1 Å². The molecular formula is C18H19Cl2N5O. The Morgan fingerprint density at radius 2 is 1.88 bits per heavy atom. The van der Waals surface area contributed by atoms with Gasteiger partial charge in [0.15, 0.2) is 0 Å². The number of halogens is 2. The summed E-state index contributed by atoms with van der Waals surface area (Å²) < 4.78 is 3.32. The molecule has 0 aliphatic carbocycles. The van der Waals surface area contributed by atoms with Gasteiger partial charge in [-0.25, -0.2) is 0 Å². The molecule has 136 valence electrons. The lowest BCUT2D eigenvalue weighted by Gasteiger charge is -2.08. The summed E-state index contributed by atoms with van der Waals surface area (Å²) in [4.78, 5) is 12.7. The van der Waals surface area contributed by atoms with Crippen molar-refractivity contribution in [2.75, 3.05) is 5.32 Å². The van der Waals surface area contributed by atoms with Crippen molar-refractivity contribution >= 4 is 34.8 Å². The first kappa shape index (κ1) is 18.5. The van der Waals surface area contributed by atoms with Crippen LogP contribution in [0.25, 0.3) is 0 Å². The Balaban J connectivity index is 1.87. The second-order valence-corrected chi connectivity index (χ2v) is 6.97. The monoisotopic (exact) mass is 391 g/mol. The highest BCUT2D eigenvalue weighted by atomic mass is 35.5. The minimum absolute atomic E-state index is 0.313. The van der Waals surface area contributed by atoms with Crippen LogP contribution >= 0.6 is 23.2 Å². The van der Waals surface area contributed by atoms with Crippen molar-refractivity contribution in [1.82, 2.24) is 19.6 Å². The molecule has 1 aromatic carbocycles. The van der Waals surface area contributed by atoms with E-state index in [0.717, 1.165) is 17.0 Å². The Kier molecular flexibility index (Phi) is 5.07. The average Bonchev–Trinajstić information content (AvgIpc) is 2.97. The predicted molar refractivity (Wildman–Crippen MR) is 103 cm³/mol. The molecule has 0 radical (unpaired) electrons. The smallest absolute Gasteiger partial charge is 0.275 e. The van der Waals surface area contributed by atoms with Crippen molar-refractivity contribution in [3.05, 3.63) is 62.6 Å². The third-order valence-corrected chi connectivity index (χ3v) is 4.89. The normalized spacial score (nSPS) is 11.0. The Morgan fingerprint density at radius 3 is 2.50 bits per heavy atom. The molecule has 0 saturated heterocycles. The molecule has 26 heavy (non-hydrogen) atoms. The Bertz CT molecular complexity index is 990. The zero-order chi connectivity index (χ0) is 19.0. The average molecular weight is 392 g/mol. The second-order valence-electron chi connectivity index (χ2n) is 6.16. The highest BCUT2D eigenvalue weighted by Crippen LogP contribution is 2.24. The van der Waals surface area contributed by atoms with Gasteiger partial charge in [0.05, 0.1) is 34.3 Å². The topological polar surface area (TPSA) is 64.7 Å². The molecule has 0 atom stereocenters. The van der Waals surface area contributed by atoms with E-state index >= 15 is 0 Å². The second kappa shape index (κ2) is 7.13. The number of nitrogens with one attached hydrogen (secondary N) is 1. The number of aromatic nitrogens is 4. The van der Waals surface area contributed by atoms with Gasteiger partial charge in [-0.15, -0.1) is 0 Å². The summed E-state index contributed by atoms with van der Waals surface area (Å²) in [5.74, 6) is -0.313. The van der Waals surface area contributed by atoms with Crippen LogP contribution in [0.5, 0.6) is 0 Å². The molecule has 0 saturated carbocycles. The van der Waals surface area contributed by atoms with Gasteiger partial charge in [0.2, 0.25) is 0 Å². The number of hydrogen-bond acceptors (Lipinski definition) is 3. The molecule has 3 rings (SSSR count). The van der Waals surface area contributed by atoms with Crippen LogP contribution < -0.4 is 5.32 Å². The number of aryl methyl sites for hydroxylation is 3. The largest absolute Gasteiger partial charge is 0.317 e. The highest BCUT2D eigenvalue weighted by molar-refractivity contribution is 6.34. The van der Waals surface area contributed by atoms with Gasteiger partial charge in [0.25, 0.3) is 5.91 Å². The van der Waals surface area contributed by atoms with E-state index in [1.807, 2.05) is 42.8 Å². The lowest BCUT2D eigenvalue weighted by molar-refractivity contribution is 0.101. The maximum Gasteiger partial charge on any atom is 0.275 e. The summed E-state index contributed by atoms with van der Waals surface area (Å²) in [6.07, 6.45) is 0. The van der Waals surface area contributed by atoms with Crippen LogP contribution in [-0.4, -0.2) is 25.5 Å². The number of carbonyl (C=O) groups excluding carboxylic acids is 1. The van der Waals surface area contributed by atoms with E-state index in [2.05, 4.69) is 15.5 Å². The van der Waals surface area contributed by atoms with Gasteiger partial charge < -0.3 is 5.32 Å². The number of rotatable bonds is 4. The lowest BCUT2D eigenvalue weighted by atomic mass is 10.2. The van der Waals surface area contributed by atoms with Crippen molar-refractivity contribution in [1.29, 1.82) is 0 Å². The predicted octanol–water partition coefficient (Wildman–Crippen LogP) is 4.15. The summed E-state index contributed by atoms with van der Waals surface area (Å²) >= 11 is 12.3. The number of amides is 1. The Hall–Kier alpha value is -2.31. The van der Waals surface area contributed by atoms with Gasteiger partial charge in [-0.2, -0.15) is 10.2 Å². The van der Waals surface area contributed by atoms with Crippen LogP contribution in [0, 0.1) is 20.8 Å². The fourth-order valence-electron chi connectivity index (χ4n) is 2.89. The maximum atomic E-state index is 12.7. The van der Waals surface area contributed by atoms with Crippen molar-refractivity contribution < 1.29 is 4.79 Å². The standard InChI is InChI=1S/C18H19Cl2N5O/c1-10-15(20)17(24(4)22-10)18(26)21-16-11(2)23-25(12(16)3)9-13-6-5-7-14(19)8-13/h5-8H,9H2,1-4H3,(H,21,26). The first-order chi connectivity index (χ1) is 12.3. The third-order valence-electron chi connectivity index (χ3n) is 4.21. The summed E-state index contributed by atoms with van der Waals surface area (Å²) in [5, 5.41) is 12.7. The van der Waals surface area contributed by atoms with E-state index in [-0.39, 0.29) is 5.91 Å². The molecule has 0 spiro atoms. The zero-order valence-electron chi connectivity index (χ0n) is 15.0. The number of hydrogen-bond donors (Lipinski definition) is 1. The van der Waals surface area contributed by atoms with E-state index in [0.29, 0.717) is 33.7 Å². The third kappa shape index (κ3) is 3.48. The molecule has 0 unspecified atom stereocenters. The summed E-state index contributed by atoms with van der Waals surface area (Å²) in [6, 6.07) is 7.61. The van der Waals surface area contributed by atoms with E-state index in [1.54, 1.807) is 14.0 Å². The van der Waals surface area contributed by atoms with Gasteiger partial charge in [-0.1, -0.05) is 35.3 Å². The first-order valence-electron chi connectivity index (χ1n) is 8.06. The van der Waals surface area contributed by atoms with Crippen LogP contribution in [-0.2, 0) is 13.6 Å². The van der Waals surface area contributed by atoms with Crippen molar-refractivity contribution in [3.63, 3.8) is 0 Å². The Labute approximate surface area is 161 Å². The minimum atomic E-state index is -0.313. The molecule has 2 aromatic heterocycles. The van der Waals surface area contributed by atoms with Gasteiger partial charge in [-0.3, -0.25) is 14.2 Å². The molecule has 0 aliphatic heterocycles. The number of anilines is 1. The van der Waals surface area contributed by atoms with Gasteiger partial charge >= 0.3 is 0 Å². The van der Waals surface area contributed by atoms with Gasteiger partial charge in [-0.05, 0) is 38.5 Å². The van der Waals surface area contributed by atoms with Crippen molar-refractivity contribution in [2.45, 2.75) is 27.3 Å². The summed E-state index contributed by atoms with van der Waals surface area (Å²) in [7, 11) is 1.69. The highest BCUT2D eigenvalue weighted by Gasteiger charge is 2.21. The summed E-state index contributed by atoms with van der Waals surface area (Å²) in [6.45, 7) is 6.09. The molecule has 0 aliphatic rings. The first-order valence-corrected chi connectivity index (χ1v) is 8.82. The fourth-order valence-corrected chi connectivity index (χ4v) is 3.35. The molecule has 6 nitrogen and oxygen atoms in total. The van der Waals surface area contributed by atoms with E-state index in [9.17, 15) is 4.79 Å². The number of nitrogens with zero attached hydrogens (tertiary/aromatic N) is 4. The lowest BCUT2D eigenvalue weighted by Crippen LogP contribution is -2.17. The molecule has 0 bridgehead atoms. The molecule has 1 amide bonds. The van der Waals surface area contributed by atoms with Crippen molar-refractivity contribution in [3.8, 4) is 0 Å². The molecule has 3 aromatic rings. The Morgan fingerprint density at radius 1 is 1.15 bits per heavy atom. The summed E-state index contributed by atoms with van der Waals surface area (Å²) in [5.41, 5.74) is 4.23. The zero-order valence-corrected chi connectivity index (χ0v) is 16.5. The number of carbonyl (C=O) groups is 1. The maximum absolute atomic E-state index is 12.7. The minimum Gasteiger partial charge on any atom is -0.317 e. The van der Waals surface area contributed by atoms with E-state index in [4.69, 9.17) is 23.2 Å². The molecular weight excluding hydrogens is 373 g/mol. The molecule has 8 heteroatoms. The number of benzene rings is 1. The SMILES string of the molecule is Cc1nn(C)c(C(=O)Nc2c(C)nn(Cc3cccc(Cl)c3)c2C)c1Cl. The van der Waals surface area contributed by atoms with Crippen LogP contribution in [0.15, 0.2) is 24.3 Å². The molecule has 0 fully saturated rings. The molecule has 1 N–H and O–H groups in total. The van der Waals surface area contributed by atoms with E-state index < -0.39 is 0 Å². The van der Waals surface area contributed by atoms with E-state index in [1.165, 1.54) is 4.68 Å². The van der Waals surface area contributed by atoms with Crippen molar-refractivity contribution in [2.24, 2.45) is 7.05 Å². The van der Waals surface area contributed by atoms with Crippen LogP contribution in [0.3, 0.4) is 0 Å². The van der Waals surface area contributed by atoms with Gasteiger partial charge in [0, 0.05) is 12.1 Å².